The molecule has 1 N–H and O–H groups in total. The highest BCUT2D eigenvalue weighted by Crippen LogP contribution is 2.38. The van der Waals surface area contributed by atoms with Crippen LogP contribution < -0.4 is 5.32 Å². The summed E-state index contributed by atoms with van der Waals surface area (Å²) in [6, 6.07) is 9.62. The standard InChI is InChI=1S/C18H29N/c1-4-12-19-18-16(10-7-8-14(2)3)13-15-9-5-6-11-17(15)18/h5-6,9,11,14,16,18-19H,4,7-8,10,12-13H2,1-3H3. The fourth-order valence-corrected chi connectivity index (χ4v) is 3.31. The molecule has 2 atom stereocenters. The van der Waals surface area contributed by atoms with Gasteiger partial charge in [-0.05, 0) is 48.8 Å². The van der Waals surface area contributed by atoms with Crippen molar-refractivity contribution in [2.75, 3.05) is 6.54 Å². The second-order valence-electron chi connectivity index (χ2n) is 6.42. The summed E-state index contributed by atoms with van der Waals surface area (Å²) < 4.78 is 0. The second kappa shape index (κ2) is 7.09. The number of benzene rings is 1. The lowest BCUT2D eigenvalue weighted by Crippen LogP contribution is -2.26. The Labute approximate surface area is 118 Å². The van der Waals surface area contributed by atoms with Crippen molar-refractivity contribution in [3.05, 3.63) is 35.4 Å². The van der Waals surface area contributed by atoms with Gasteiger partial charge >= 0.3 is 0 Å². The molecule has 1 aromatic carbocycles. The normalized spacial score (nSPS) is 21.9. The SMILES string of the molecule is CCCNC1c2ccccc2CC1CCCC(C)C. The molecule has 0 spiro atoms. The van der Waals surface area contributed by atoms with Crippen LogP contribution in [-0.2, 0) is 6.42 Å². The molecule has 0 fully saturated rings. The second-order valence-corrected chi connectivity index (χ2v) is 6.42. The summed E-state index contributed by atoms with van der Waals surface area (Å²) in [6.07, 6.45) is 6.61. The third-order valence-electron chi connectivity index (χ3n) is 4.31. The fourth-order valence-electron chi connectivity index (χ4n) is 3.31. The molecule has 0 saturated carbocycles. The van der Waals surface area contributed by atoms with Gasteiger partial charge in [0.15, 0.2) is 0 Å². The fraction of sp³-hybridized carbons (Fsp3) is 0.667. The van der Waals surface area contributed by atoms with Gasteiger partial charge in [0.1, 0.15) is 0 Å². The smallest absolute Gasteiger partial charge is 0.0354 e. The summed E-state index contributed by atoms with van der Waals surface area (Å²) in [5.41, 5.74) is 3.14. The predicted molar refractivity (Wildman–Crippen MR) is 83.4 cm³/mol. The van der Waals surface area contributed by atoms with E-state index < -0.39 is 0 Å². The Bertz CT molecular complexity index is 383. The molecule has 19 heavy (non-hydrogen) atoms. The van der Waals surface area contributed by atoms with Gasteiger partial charge in [0.25, 0.3) is 0 Å². The molecule has 2 unspecified atom stereocenters. The van der Waals surface area contributed by atoms with Gasteiger partial charge in [0.2, 0.25) is 0 Å². The molecular formula is C18H29N. The molecule has 0 aromatic heterocycles. The van der Waals surface area contributed by atoms with E-state index in [1.807, 2.05) is 0 Å². The summed E-state index contributed by atoms with van der Waals surface area (Å²) in [5, 5.41) is 3.78. The number of rotatable bonds is 7. The van der Waals surface area contributed by atoms with Crippen LogP contribution in [0.4, 0.5) is 0 Å². The van der Waals surface area contributed by atoms with Crippen LogP contribution in [0.1, 0.15) is 63.6 Å². The molecule has 2 rings (SSSR count). The van der Waals surface area contributed by atoms with Crippen molar-refractivity contribution in [1.82, 2.24) is 5.32 Å². The summed E-state index contributed by atoms with van der Waals surface area (Å²) in [7, 11) is 0. The Morgan fingerprint density at radius 1 is 1.26 bits per heavy atom. The first-order valence-electron chi connectivity index (χ1n) is 8.03. The van der Waals surface area contributed by atoms with E-state index in [4.69, 9.17) is 0 Å². The van der Waals surface area contributed by atoms with Crippen molar-refractivity contribution < 1.29 is 0 Å². The van der Waals surface area contributed by atoms with E-state index in [0.717, 1.165) is 18.4 Å². The minimum Gasteiger partial charge on any atom is -0.310 e. The number of hydrogen-bond acceptors (Lipinski definition) is 1. The van der Waals surface area contributed by atoms with Crippen LogP contribution in [0.5, 0.6) is 0 Å². The monoisotopic (exact) mass is 259 g/mol. The van der Waals surface area contributed by atoms with E-state index >= 15 is 0 Å². The molecule has 1 aliphatic carbocycles. The van der Waals surface area contributed by atoms with Gasteiger partial charge < -0.3 is 5.32 Å². The summed E-state index contributed by atoms with van der Waals surface area (Å²) in [5.74, 6) is 1.65. The van der Waals surface area contributed by atoms with Gasteiger partial charge in [-0.1, -0.05) is 57.9 Å². The number of nitrogens with one attached hydrogen (secondary N) is 1. The van der Waals surface area contributed by atoms with Crippen LogP contribution in [0, 0.1) is 11.8 Å². The lowest BCUT2D eigenvalue weighted by Gasteiger charge is -2.22. The zero-order chi connectivity index (χ0) is 13.7. The van der Waals surface area contributed by atoms with E-state index in [1.54, 1.807) is 11.1 Å². The highest BCUT2D eigenvalue weighted by Gasteiger charge is 2.30. The summed E-state index contributed by atoms with van der Waals surface area (Å²) in [6.45, 7) is 8.05. The van der Waals surface area contributed by atoms with Crippen LogP contribution in [0.25, 0.3) is 0 Å². The van der Waals surface area contributed by atoms with Crippen molar-refractivity contribution in [1.29, 1.82) is 0 Å². The average Bonchev–Trinajstić information content (AvgIpc) is 2.74. The van der Waals surface area contributed by atoms with Crippen LogP contribution >= 0.6 is 0 Å². The van der Waals surface area contributed by atoms with Crippen molar-refractivity contribution in [2.45, 2.75) is 58.9 Å². The summed E-state index contributed by atoms with van der Waals surface area (Å²) in [4.78, 5) is 0. The lowest BCUT2D eigenvalue weighted by molar-refractivity contribution is 0.348. The van der Waals surface area contributed by atoms with E-state index in [1.165, 1.54) is 32.1 Å². The molecule has 0 bridgehead atoms. The minimum absolute atomic E-state index is 0.600. The Balaban J connectivity index is 1.99. The molecule has 1 aliphatic rings. The lowest BCUT2D eigenvalue weighted by atomic mass is 9.92. The molecule has 1 nitrogen and oxygen atoms in total. The van der Waals surface area contributed by atoms with E-state index in [0.29, 0.717) is 6.04 Å². The number of hydrogen-bond donors (Lipinski definition) is 1. The molecular weight excluding hydrogens is 230 g/mol. The first kappa shape index (κ1) is 14.6. The molecule has 0 heterocycles. The van der Waals surface area contributed by atoms with Crippen molar-refractivity contribution in [2.24, 2.45) is 11.8 Å². The van der Waals surface area contributed by atoms with Gasteiger partial charge in [-0.15, -0.1) is 0 Å². The maximum atomic E-state index is 3.78. The highest BCUT2D eigenvalue weighted by molar-refractivity contribution is 5.35. The van der Waals surface area contributed by atoms with Gasteiger partial charge in [-0.2, -0.15) is 0 Å². The Hall–Kier alpha value is -0.820. The van der Waals surface area contributed by atoms with Gasteiger partial charge in [-0.3, -0.25) is 0 Å². The molecule has 1 aromatic rings. The average molecular weight is 259 g/mol. The predicted octanol–water partition coefficient (Wildman–Crippen LogP) is 4.73. The Morgan fingerprint density at radius 3 is 2.79 bits per heavy atom. The van der Waals surface area contributed by atoms with Crippen LogP contribution in [0.2, 0.25) is 0 Å². The van der Waals surface area contributed by atoms with Crippen molar-refractivity contribution >= 4 is 0 Å². The first-order chi connectivity index (χ1) is 9.22. The summed E-state index contributed by atoms with van der Waals surface area (Å²) >= 11 is 0. The molecule has 106 valence electrons. The maximum absolute atomic E-state index is 3.78. The van der Waals surface area contributed by atoms with E-state index in [-0.39, 0.29) is 0 Å². The topological polar surface area (TPSA) is 12.0 Å². The van der Waals surface area contributed by atoms with Crippen LogP contribution in [0.15, 0.2) is 24.3 Å². The van der Waals surface area contributed by atoms with Gasteiger partial charge in [0.05, 0.1) is 0 Å². The van der Waals surface area contributed by atoms with E-state index in [2.05, 4.69) is 50.4 Å². The quantitative estimate of drug-likeness (QED) is 0.746. The zero-order valence-corrected chi connectivity index (χ0v) is 12.8. The first-order valence-corrected chi connectivity index (χ1v) is 8.03. The Morgan fingerprint density at radius 2 is 2.05 bits per heavy atom. The molecule has 0 saturated heterocycles. The number of fused-ring (bicyclic) bond motifs is 1. The zero-order valence-electron chi connectivity index (χ0n) is 12.8. The van der Waals surface area contributed by atoms with Crippen molar-refractivity contribution in [3.63, 3.8) is 0 Å². The third-order valence-corrected chi connectivity index (χ3v) is 4.31. The van der Waals surface area contributed by atoms with Gasteiger partial charge in [-0.25, -0.2) is 0 Å². The molecule has 0 aliphatic heterocycles. The van der Waals surface area contributed by atoms with Crippen LogP contribution in [0.3, 0.4) is 0 Å². The Kier molecular flexibility index (Phi) is 5.45. The molecule has 0 radical (unpaired) electrons. The molecule has 1 heteroatoms. The van der Waals surface area contributed by atoms with Gasteiger partial charge in [0, 0.05) is 6.04 Å². The van der Waals surface area contributed by atoms with Crippen molar-refractivity contribution in [3.8, 4) is 0 Å². The molecule has 0 amide bonds. The van der Waals surface area contributed by atoms with E-state index in [9.17, 15) is 0 Å². The minimum atomic E-state index is 0.600. The largest absolute Gasteiger partial charge is 0.310 e. The maximum Gasteiger partial charge on any atom is 0.0354 e. The third kappa shape index (κ3) is 3.82. The highest BCUT2D eigenvalue weighted by atomic mass is 14.9. The van der Waals surface area contributed by atoms with Crippen LogP contribution in [-0.4, -0.2) is 6.54 Å².